The topological polar surface area (TPSA) is 44.0 Å². The minimum absolute atomic E-state index is 0.136. The van der Waals surface area contributed by atoms with Crippen LogP contribution in [0.3, 0.4) is 0 Å². The molecule has 1 rings (SSSR count). The fraction of sp³-hybridized carbons (Fsp3) is 0.375. The maximum absolute atomic E-state index is 9.20. The SMILES string of the molecule is CC1C=CC(C#N)=CC1O. The zero-order valence-corrected chi connectivity index (χ0v) is 5.78. The average Bonchev–Trinajstić information content (AvgIpc) is 1.95. The van der Waals surface area contributed by atoms with Gasteiger partial charge in [-0.2, -0.15) is 5.26 Å². The fourth-order valence-electron chi connectivity index (χ4n) is 0.835. The molecule has 0 saturated carbocycles. The standard InChI is InChI=1S/C8H9NO/c1-6-2-3-7(5-9)4-8(6)10/h2-4,6,8,10H,1H3. The maximum Gasteiger partial charge on any atom is 0.0989 e. The van der Waals surface area contributed by atoms with Gasteiger partial charge in [-0.25, -0.2) is 0 Å². The van der Waals surface area contributed by atoms with Crippen molar-refractivity contribution in [1.29, 1.82) is 5.26 Å². The summed E-state index contributed by atoms with van der Waals surface area (Å²) in [5.41, 5.74) is 0.547. The highest BCUT2D eigenvalue weighted by Crippen LogP contribution is 2.15. The Hall–Kier alpha value is -1.07. The van der Waals surface area contributed by atoms with Gasteiger partial charge in [-0.15, -0.1) is 0 Å². The maximum atomic E-state index is 9.20. The Morgan fingerprint density at radius 1 is 1.70 bits per heavy atom. The third-order valence-corrected chi connectivity index (χ3v) is 1.60. The Labute approximate surface area is 60.1 Å². The van der Waals surface area contributed by atoms with Crippen LogP contribution in [0.4, 0.5) is 0 Å². The second-order valence-corrected chi connectivity index (χ2v) is 2.44. The molecule has 2 unspecified atom stereocenters. The smallest absolute Gasteiger partial charge is 0.0989 e. The van der Waals surface area contributed by atoms with Gasteiger partial charge in [0.1, 0.15) is 0 Å². The second kappa shape index (κ2) is 2.68. The largest absolute Gasteiger partial charge is 0.388 e. The van der Waals surface area contributed by atoms with Crippen molar-refractivity contribution in [3.05, 3.63) is 23.8 Å². The lowest BCUT2D eigenvalue weighted by molar-refractivity contribution is 0.183. The number of aliphatic hydroxyl groups excluding tert-OH is 1. The predicted molar refractivity (Wildman–Crippen MR) is 38.0 cm³/mol. The van der Waals surface area contributed by atoms with Crippen LogP contribution in [-0.4, -0.2) is 11.2 Å². The van der Waals surface area contributed by atoms with Gasteiger partial charge in [0.05, 0.1) is 17.7 Å². The molecule has 2 nitrogen and oxygen atoms in total. The van der Waals surface area contributed by atoms with E-state index in [-0.39, 0.29) is 5.92 Å². The lowest BCUT2D eigenvalue weighted by atomic mass is 9.96. The Balaban J connectivity index is 2.78. The van der Waals surface area contributed by atoms with E-state index < -0.39 is 6.10 Å². The molecule has 0 bridgehead atoms. The first kappa shape index (κ1) is 7.04. The third kappa shape index (κ3) is 1.26. The molecule has 1 aliphatic carbocycles. The highest BCUT2D eigenvalue weighted by Gasteiger charge is 2.12. The molecule has 1 aliphatic rings. The molecule has 0 spiro atoms. The molecule has 10 heavy (non-hydrogen) atoms. The van der Waals surface area contributed by atoms with Crippen molar-refractivity contribution in [2.45, 2.75) is 13.0 Å². The second-order valence-electron chi connectivity index (χ2n) is 2.44. The minimum Gasteiger partial charge on any atom is -0.388 e. The van der Waals surface area contributed by atoms with Gasteiger partial charge in [0.15, 0.2) is 0 Å². The zero-order valence-electron chi connectivity index (χ0n) is 5.78. The quantitative estimate of drug-likeness (QED) is 0.538. The van der Waals surface area contributed by atoms with Gasteiger partial charge >= 0.3 is 0 Å². The monoisotopic (exact) mass is 135 g/mol. The highest BCUT2D eigenvalue weighted by molar-refractivity contribution is 5.37. The summed E-state index contributed by atoms with van der Waals surface area (Å²) < 4.78 is 0. The molecule has 52 valence electrons. The molecule has 2 atom stereocenters. The number of nitriles is 1. The Morgan fingerprint density at radius 3 is 2.90 bits per heavy atom. The summed E-state index contributed by atoms with van der Waals surface area (Å²) in [5, 5.41) is 17.6. The summed E-state index contributed by atoms with van der Waals surface area (Å²) in [6.45, 7) is 1.91. The highest BCUT2D eigenvalue weighted by atomic mass is 16.3. The van der Waals surface area contributed by atoms with Crippen LogP contribution in [0.1, 0.15) is 6.92 Å². The van der Waals surface area contributed by atoms with E-state index in [4.69, 9.17) is 5.26 Å². The van der Waals surface area contributed by atoms with Crippen molar-refractivity contribution in [2.75, 3.05) is 0 Å². The van der Waals surface area contributed by atoms with Crippen molar-refractivity contribution >= 4 is 0 Å². The molecule has 0 radical (unpaired) electrons. The van der Waals surface area contributed by atoms with Crippen LogP contribution in [0.2, 0.25) is 0 Å². The average molecular weight is 135 g/mol. The third-order valence-electron chi connectivity index (χ3n) is 1.60. The zero-order chi connectivity index (χ0) is 7.56. The van der Waals surface area contributed by atoms with Crippen molar-refractivity contribution in [1.82, 2.24) is 0 Å². The molecule has 2 heteroatoms. The van der Waals surface area contributed by atoms with Gasteiger partial charge in [-0.1, -0.05) is 13.0 Å². The first-order valence-electron chi connectivity index (χ1n) is 3.22. The van der Waals surface area contributed by atoms with Crippen LogP contribution in [0.25, 0.3) is 0 Å². The van der Waals surface area contributed by atoms with Crippen LogP contribution in [0, 0.1) is 17.2 Å². The number of aliphatic hydroxyl groups is 1. The molecule has 0 aliphatic heterocycles. The number of allylic oxidation sites excluding steroid dienone is 2. The van der Waals surface area contributed by atoms with E-state index in [0.29, 0.717) is 5.57 Å². The first-order valence-corrected chi connectivity index (χ1v) is 3.22. The van der Waals surface area contributed by atoms with Gasteiger partial charge in [-0.3, -0.25) is 0 Å². The predicted octanol–water partition coefficient (Wildman–Crippen LogP) is 1.00. The van der Waals surface area contributed by atoms with Crippen LogP contribution in [0.5, 0.6) is 0 Å². The van der Waals surface area contributed by atoms with E-state index in [0.717, 1.165) is 0 Å². The molecular weight excluding hydrogens is 126 g/mol. The molecule has 0 aromatic carbocycles. The lowest BCUT2D eigenvalue weighted by Crippen LogP contribution is -2.15. The van der Waals surface area contributed by atoms with Crippen molar-refractivity contribution in [2.24, 2.45) is 5.92 Å². The summed E-state index contributed by atoms with van der Waals surface area (Å²) in [4.78, 5) is 0. The Morgan fingerprint density at radius 2 is 2.40 bits per heavy atom. The van der Waals surface area contributed by atoms with E-state index in [1.165, 1.54) is 0 Å². The summed E-state index contributed by atoms with van der Waals surface area (Å²) in [6, 6.07) is 1.97. The fourth-order valence-corrected chi connectivity index (χ4v) is 0.835. The van der Waals surface area contributed by atoms with E-state index in [9.17, 15) is 5.11 Å². The van der Waals surface area contributed by atoms with Gasteiger partial charge < -0.3 is 5.11 Å². The summed E-state index contributed by atoms with van der Waals surface area (Å²) in [7, 11) is 0. The summed E-state index contributed by atoms with van der Waals surface area (Å²) in [5.74, 6) is 0.136. The molecule has 0 amide bonds. The molecule has 0 aromatic heterocycles. The normalized spacial score (nSPS) is 31.1. The van der Waals surface area contributed by atoms with E-state index in [1.807, 2.05) is 19.1 Å². The molecule has 1 N–H and O–H groups in total. The van der Waals surface area contributed by atoms with Gasteiger partial charge in [0.2, 0.25) is 0 Å². The minimum atomic E-state index is -0.486. The van der Waals surface area contributed by atoms with Gasteiger partial charge in [0.25, 0.3) is 0 Å². The first-order chi connectivity index (χ1) is 4.74. The van der Waals surface area contributed by atoms with E-state index in [2.05, 4.69) is 0 Å². The molecular formula is C8H9NO. The van der Waals surface area contributed by atoms with E-state index in [1.54, 1.807) is 12.2 Å². The number of rotatable bonds is 0. The summed E-state index contributed by atoms with van der Waals surface area (Å²) >= 11 is 0. The van der Waals surface area contributed by atoms with Crippen molar-refractivity contribution in [3.63, 3.8) is 0 Å². The number of nitrogens with zero attached hydrogens (tertiary/aromatic N) is 1. The van der Waals surface area contributed by atoms with Crippen LogP contribution >= 0.6 is 0 Å². The van der Waals surface area contributed by atoms with Crippen molar-refractivity contribution < 1.29 is 5.11 Å². The van der Waals surface area contributed by atoms with Crippen LogP contribution in [-0.2, 0) is 0 Å². The van der Waals surface area contributed by atoms with Gasteiger partial charge in [-0.05, 0) is 12.2 Å². The van der Waals surface area contributed by atoms with Crippen molar-refractivity contribution in [3.8, 4) is 6.07 Å². The molecule has 0 saturated heterocycles. The van der Waals surface area contributed by atoms with Gasteiger partial charge in [0, 0.05) is 5.92 Å². The van der Waals surface area contributed by atoms with Crippen LogP contribution in [0.15, 0.2) is 23.8 Å². The Kier molecular flexibility index (Phi) is 1.88. The number of hydrogen-bond acceptors (Lipinski definition) is 2. The number of hydrogen-bond donors (Lipinski definition) is 1. The van der Waals surface area contributed by atoms with Crippen LogP contribution < -0.4 is 0 Å². The van der Waals surface area contributed by atoms with E-state index >= 15 is 0 Å². The molecule has 0 aromatic rings. The Bertz CT molecular complexity index is 222. The lowest BCUT2D eigenvalue weighted by Gasteiger charge is -2.14. The summed E-state index contributed by atoms with van der Waals surface area (Å²) in [6.07, 6.45) is 4.66. The molecule has 0 heterocycles. The molecule has 0 fully saturated rings.